The zero-order chi connectivity index (χ0) is 15.6. The van der Waals surface area contributed by atoms with E-state index in [1.165, 1.54) is 0 Å². The Hall–Kier alpha value is -2.24. The molecule has 0 unspecified atom stereocenters. The van der Waals surface area contributed by atoms with Crippen LogP contribution < -0.4 is 14.8 Å². The molecular formula is C16H19NO5. The molecule has 0 bridgehead atoms. The van der Waals surface area contributed by atoms with Crippen molar-refractivity contribution in [1.82, 2.24) is 5.32 Å². The van der Waals surface area contributed by atoms with Crippen LogP contribution in [0, 0.1) is 0 Å². The Morgan fingerprint density at radius 2 is 1.86 bits per heavy atom. The molecule has 1 fully saturated rings. The number of carboxylic acid groups (broad SMARTS) is 1. The maximum Gasteiger partial charge on any atom is 0.329 e. The Kier molecular flexibility index (Phi) is 3.92. The first-order chi connectivity index (χ1) is 10.6. The third-order valence-corrected chi connectivity index (χ3v) is 4.30. The molecule has 6 heteroatoms. The molecule has 2 N–H and O–H groups in total. The zero-order valence-electron chi connectivity index (χ0n) is 12.3. The number of aliphatic carboxylic acids is 1. The van der Waals surface area contributed by atoms with E-state index in [0.717, 1.165) is 24.8 Å². The van der Waals surface area contributed by atoms with Crippen LogP contribution in [0.3, 0.4) is 0 Å². The van der Waals surface area contributed by atoms with E-state index >= 15 is 0 Å². The number of carbonyl (C=O) groups is 2. The summed E-state index contributed by atoms with van der Waals surface area (Å²) in [5.41, 5.74) is -0.329. The Morgan fingerprint density at radius 3 is 2.59 bits per heavy atom. The van der Waals surface area contributed by atoms with Gasteiger partial charge in [0, 0.05) is 0 Å². The molecule has 0 spiro atoms. The molecule has 1 amide bonds. The normalized spacial score (nSPS) is 18.7. The number of hydrogen-bond donors (Lipinski definition) is 2. The topological polar surface area (TPSA) is 84.9 Å². The van der Waals surface area contributed by atoms with Gasteiger partial charge in [-0.15, -0.1) is 0 Å². The minimum Gasteiger partial charge on any atom is -0.480 e. The highest BCUT2D eigenvalue weighted by Gasteiger charge is 2.40. The van der Waals surface area contributed by atoms with Gasteiger partial charge in [0.1, 0.15) is 5.54 Å². The highest BCUT2D eigenvalue weighted by atomic mass is 16.7. The van der Waals surface area contributed by atoms with Gasteiger partial charge in [-0.3, -0.25) is 4.79 Å². The molecule has 0 aromatic heterocycles. The van der Waals surface area contributed by atoms with Gasteiger partial charge in [-0.2, -0.15) is 0 Å². The van der Waals surface area contributed by atoms with Crippen molar-refractivity contribution in [3.8, 4) is 11.5 Å². The van der Waals surface area contributed by atoms with Gasteiger partial charge >= 0.3 is 5.97 Å². The number of ether oxygens (including phenoxy) is 2. The van der Waals surface area contributed by atoms with E-state index in [1.807, 2.05) is 0 Å². The van der Waals surface area contributed by atoms with Crippen LogP contribution in [0.2, 0.25) is 0 Å². The van der Waals surface area contributed by atoms with E-state index in [-0.39, 0.29) is 19.1 Å². The van der Waals surface area contributed by atoms with Crippen LogP contribution >= 0.6 is 0 Å². The number of rotatable bonds is 4. The fourth-order valence-electron chi connectivity index (χ4n) is 3.10. The average Bonchev–Trinajstić information content (AvgIpc) is 2.95. The van der Waals surface area contributed by atoms with Gasteiger partial charge < -0.3 is 19.9 Å². The minimum absolute atomic E-state index is 0.131. The van der Waals surface area contributed by atoms with Crippen LogP contribution in [0.25, 0.3) is 0 Å². The lowest BCUT2D eigenvalue weighted by molar-refractivity contribution is -0.149. The molecule has 22 heavy (non-hydrogen) atoms. The summed E-state index contributed by atoms with van der Waals surface area (Å²) in [4.78, 5) is 23.8. The molecule has 1 aromatic rings. The quantitative estimate of drug-likeness (QED) is 0.887. The van der Waals surface area contributed by atoms with E-state index in [0.29, 0.717) is 24.3 Å². The second-order valence-electron chi connectivity index (χ2n) is 5.86. The number of benzene rings is 1. The second-order valence-corrected chi connectivity index (χ2v) is 5.86. The predicted octanol–water partition coefficient (Wildman–Crippen LogP) is 1.86. The number of carboxylic acids is 1. The molecule has 1 heterocycles. The van der Waals surface area contributed by atoms with Crippen LogP contribution in [0.1, 0.15) is 37.7 Å². The lowest BCUT2D eigenvalue weighted by atomic mass is 9.81. The van der Waals surface area contributed by atoms with Gasteiger partial charge in [0.15, 0.2) is 11.5 Å². The summed E-state index contributed by atoms with van der Waals surface area (Å²) < 4.78 is 10.5. The summed E-state index contributed by atoms with van der Waals surface area (Å²) in [6, 6.07) is 5.32. The summed E-state index contributed by atoms with van der Waals surface area (Å²) in [6.07, 6.45) is 3.80. The molecule has 1 saturated carbocycles. The smallest absolute Gasteiger partial charge is 0.329 e. The monoisotopic (exact) mass is 305 g/mol. The van der Waals surface area contributed by atoms with Crippen LogP contribution in [-0.4, -0.2) is 29.3 Å². The summed E-state index contributed by atoms with van der Waals surface area (Å²) in [5.74, 6) is 0.0729. The van der Waals surface area contributed by atoms with Gasteiger partial charge in [0.25, 0.3) is 0 Å². The number of amides is 1. The first kappa shape index (κ1) is 14.7. The van der Waals surface area contributed by atoms with Crippen LogP contribution in [0.5, 0.6) is 11.5 Å². The number of carbonyl (C=O) groups excluding carboxylic acids is 1. The summed E-state index contributed by atoms with van der Waals surface area (Å²) in [7, 11) is 0. The molecule has 2 aliphatic rings. The Balaban J connectivity index is 1.67. The van der Waals surface area contributed by atoms with Gasteiger partial charge in [0.2, 0.25) is 12.7 Å². The van der Waals surface area contributed by atoms with Crippen LogP contribution in [0.4, 0.5) is 0 Å². The second kappa shape index (κ2) is 5.87. The molecule has 118 valence electrons. The van der Waals surface area contributed by atoms with Crippen molar-refractivity contribution in [1.29, 1.82) is 0 Å². The molecule has 0 saturated heterocycles. The van der Waals surface area contributed by atoms with Crippen LogP contribution in [0.15, 0.2) is 18.2 Å². The predicted molar refractivity (Wildman–Crippen MR) is 77.9 cm³/mol. The van der Waals surface area contributed by atoms with E-state index in [4.69, 9.17) is 9.47 Å². The van der Waals surface area contributed by atoms with E-state index < -0.39 is 11.5 Å². The standard InChI is InChI=1S/C16H19NO5/c18-14(17-16(15(19)20)6-2-1-3-7-16)9-11-4-5-12-13(8-11)22-10-21-12/h4-5,8H,1-3,6-7,9-10H2,(H,17,18)(H,19,20). The molecule has 6 nitrogen and oxygen atoms in total. The van der Waals surface area contributed by atoms with Gasteiger partial charge in [-0.05, 0) is 30.5 Å². The van der Waals surface area contributed by atoms with Crippen molar-refractivity contribution in [2.45, 2.75) is 44.1 Å². The molecule has 0 radical (unpaired) electrons. The number of hydrogen-bond acceptors (Lipinski definition) is 4. The molecule has 1 aliphatic heterocycles. The summed E-state index contributed by atoms with van der Waals surface area (Å²) in [5, 5.41) is 12.2. The average molecular weight is 305 g/mol. The molecule has 1 aliphatic carbocycles. The van der Waals surface area contributed by atoms with E-state index in [9.17, 15) is 14.7 Å². The third-order valence-electron chi connectivity index (χ3n) is 4.30. The van der Waals surface area contributed by atoms with Crippen LogP contribution in [-0.2, 0) is 16.0 Å². The highest BCUT2D eigenvalue weighted by molar-refractivity contribution is 5.88. The minimum atomic E-state index is -1.11. The maximum atomic E-state index is 12.2. The molecule has 0 atom stereocenters. The van der Waals surface area contributed by atoms with E-state index in [1.54, 1.807) is 18.2 Å². The number of nitrogens with one attached hydrogen (secondary N) is 1. The molecule has 3 rings (SSSR count). The van der Waals surface area contributed by atoms with Gasteiger partial charge in [0.05, 0.1) is 6.42 Å². The zero-order valence-corrected chi connectivity index (χ0v) is 12.3. The van der Waals surface area contributed by atoms with Gasteiger partial charge in [-0.25, -0.2) is 4.79 Å². The van der Waals surface area contributed by atoms with Crippen molar-refractivity contribution in [3.05, 3.63) is 23.8 Å². The third kappa shape index (κ3) is 2.86. The number of fused-ring (bicyclic) bond motifs is 1. The Morgan fingerprint density at radius 1 is 1.14 bits per heavy atom. The summed E-state index contributed by atoms with van der Waals surface area (Å²) >= 11 is 0. The van der Waals surface area contributed by atoms with E-state index in [2.05, 4.69) is 5.32 Å². The van der Waals surface area contributed by atoms with Crippen molar-refractivity contribution in [2.75, 3.05) is 6.79 Å². The molecule has 1 aromatic carbocycles. The lowest BCUT2D eigenvalue weighted by Gasteiger charge is -2.34. The fraction of sp³-hybridized carbons (Fsp3) is 0.500. The lowest BCUT2D eigenvalue weighted by Crippen LogP contribution is -2.55. The molecular weight excluding hydrogens is 286 g/mol. The van der Waals surface area contributed by atoms with Crippen molar-refractivity contribution >= 4 is 11.9 Å². The Labute approximate surface area is 128 Å². The fourth-order valence-corrected chi connectivity index (χ4v) is 3.10. The largest absolute Gasteiger partial charge is 0.480 e. The first-order valence-electron chi connectivity index (χ1n) is 7.52. The SMILES string of the molecule is O=C(Cc1ccc2c(c1)OCO2)NC1(C(=O)O)CCCCC1. The maximum absolute atomic E-state index is 12.2. The first-order valence-corrected chi connectivity index (χ1v) is 7.52. The van der Waals surface area contributed by atoms with Gasteiger partial charge in [-0.1, -0.05) is 25.3 Å². The van der Waals surface area contributed by atoms with Crippen molar-refractivity contribution in [3.63, 3.8) is 0 Å². The van der Waals surface area contributed by atoms with Crippen molar-refractivity contribution in [2.24, 2.45) is 0 Å². The Bertz CT molecular complexity index is 592. The highest BCUT2D eigenvalue weighted by Crippen LogP contribution is 2.33. The van der Waals surface area contributed by atoms with Crippen molar-refractivity contribution < 1.29 is 24.2 Å². The summed E-state index contributed by atoms with van der Waals surface area (Å²) in [6.45, 7) is 0.188.